The number of carbonyl (C=O) groups excluding carboxylic acids is 5. The highest BCUT2D eigenvalue weighted by Gasteiger charge is 2.44. The van der Waals surface area contributed by atoms with E-state index in [4.69, 9.17) is 10.1 Å². The zero-order valence-corrected chi connectivity index (χ0v) is 35.0. The van der Waals surface area contributed by atoms with Gasteiger partial charge in [-0.05, 0) is 92.3 Å². The molecule has 3 saturated heterocycles. The zero-order chi connectivity index (χ0) is 43.5. The number of halogens is 1. The molecular formula is C46H50FN11O5. The van der Waals surface area contributed by atoms with Crippen LogP contribution >= 0.6 is 0 Å². The van der Waals surface area contributed by atoms with Gasteiger partial charge in [0.05, 0.1) is 35.6 Å². The summed E-state index contributed by atoms with van der Waals surface area (Å²) in [7, 11) is 0. The van der Waals surface area contributed by atoms with E-state index < -0.39 is 29.7 Å². The van der Waals surface area contributed by atoms with E-state index in [-0.39, 0.29) is 41.7 Å². The Kier molecular flexibility index (Phi) is 12.1. The molecule has 0 bridgehead atoms. The molecule has 4 aliphatic heterocycles. The zero-order valence-electron chi connectivity index (χ0n) is 35.0. The third-order valence-corrected chi connectivity index (χ3v) is 12.4. The molecule has 5 aromatic rings. The number of nitrogens with one attached hydrogen (secondary N) is 3. The first-order valence-corrected chi connectivity index (χ1v) is 21.9. The number of rotatable bonds is 15. The fourth-order valence-corrected chi connectivity index (χ4v) is 9.07. The molecule has 7 heterocycles. The minimum absolute atomic E-state index is 0.0155. The van der Waals surface area contributed by atoms with Crippen molar-refractivity contribution in [2.45, 2.75) is 63.5 Å². The predicted molar refractivity (Wildman–Crippen MR) is 234 cm³/mol. The van der Waals surface area contributed by atoms with Gasteiger partial charge in [-0.1, -0.05) is 31.0 Å². The van der Waals surface area contributed by atoms with E-state index in [1.54, 1.807) is 36.5 Å². The summed E-state index contributed by atoms with van der Waals surface area (Å²) in [5, 5.41) is 13.6. The number of unbranched alkanes of at least 4 members (excludes halogenated alkanes) is 3. The van der Waals surface area contributed by atoms with Crippen LogP contribution in [-0.2, 0) is 14.4 Å². The maximum absolute atomic E-state index is 14.1. The first-order valence-electron chi connectivity index (χ1n) is 21.9. The molecule has 17 heteroatoms. The quantitative estimate of drug-likeness (QED) is 0.0989. The molecule has 326 valence electrons. The summed E-state index contributed by atoms with van der Waals surface area (Å²) in [6.07, 6.45) is 7.58. The van der Waals surface area contributed by atoms with Crippen LogP contribution in [0, 0.1) is 5.82 Å². The van der Waals surface area contributed by atoms with Gasteiger partial charge in [0, 0.05) is 57.9 Å². The molecule has 5 amide bonds. The molecule has 1 unspecified atom stereocenters. The van der Waals surface area contributed by atoms with Crippen molar-refractivity contribution >= 4 is 52.5 Å². The predicted octanol–water partition coefficient (Wildman–Crippen LogP) is 4.58. The lowest BCUT2D eigenvalue weighted by atomic mass is 10.0. The topological polar surface area (TPSA) is 177 Å². The van der Waals surface area contributed by atoms with Gasteiger partial charge in [-0.25, -0.2) is 18.9 Å². The van der Waals surface area contributed by atoms with E-state index >= 15 is 0 Å². The fourth-order valence-electron chi connectivity index (χ4n) is 9.07. The lowest BCUT2D eigenvalue weighted by Gasteiger charge is -2.35. The number of imidazole rings is 1. The summed E-state index contributed by atoms with van der Waals surface area (Å²) in [5.74, 6) is -0.624. The summed E-state index contributed by atoms with van der Waals surface area (Å²) in [6, 6.07) is 20.8. The normalized spacial score (nSPS) is 19.2. The Labute approximate surface area is 363 Å². The molecule has 0 spiro atoms. The molecule has 9 rings (SSSR count). The molecule has 4 aliphatic rings. The Morgan fingerprint density at radius 3 is 2.43 bits per heavy atom. The monoisotopic (exact) mass is 855 g/mol. The second kappa shape index (κ2) is 18.3. The number of piperazine rings is 1. The first-order chi connectivity index (χ1) is 30.7. The molecule has 63 heavy (non-hydrogen) atoms. The molecule has 0 radical (unpaired) electrons. The SMILES string of the molecule is O=C(CN1CCN(c2cccc(-c3cnc4ccc(N5CCC[C@@H]5c5cccc(F)c5)nn34)n2)CC1)NCCCCCCNc1ccc2c(c1)C(=O)N(C1CCC(=O)NC1=O)C2=O. The first kappa shape index (κ1) is 41.6. The Balaban J connectivity index is 0.687. The Hall–Kier alpha value is -6.75. The van der Waals surface area contributed by atoms with Crippen molar-refractivity contribution in [1.29, 1.82) is 0 Å². The highest BCUT2D eigenvalue weighted by molar-refractivity contribution is 6.23. The molecular weight excluding hydrogens is 806 g/mol. The largest absolute Gasteiger partial charge is 0.385 e. The number of nitrogens with zero attached hydrogens (tertiary/aromatic N) is 8. The van der Waals surface area contributed by atoms with Crippen molar-refractivity contribution < 1.29 is 28.4 Å². The second-order valence-electron chi connectivity index (χ2n) is 16.6. The van der Waals surface area contributed by atoms with Crippen LogP contribution in [-0.4, -0.2) is 117 Å². The van der Waals surface area contributed by atoms with Gasteiger partial charge in [-0.3, -0.25) is 39.1 Å². The highest BCUT2D eigenvalue weighted by atomic mass is 19.1. The van der Waals surface area contributed by atoms with Crippen LogP contribution in [0.15, 0.2) is 79.0 Å². The summed E-state index contributed by atoms with van der Waals surface area (Å²) in [6.45, 7) is 5.42. The van der Waals surface area contributed by atoms with Crippen LogP contribution in [0.5, 0.6) is 0 Å². The number of aromatic nitrogens is 4. The van der Waals surface area contributed by atoms with E-state index in [1.165, 1.54) is 6.07 Å². The van der Waals surface area contributed by atoms with Gasteiger partial charge in [-0.15, -0.1) is 5.10 Å². The van der Waals surface area contributed by atoms with Crippen molar-refractivity contribution in [3.8, 4) is 11.4 Å². The Morgan fingerprint density at radius 2 is 1.60 bits per heavy atom. The Morgan fingerprint density at radius 1 is 0.794 bits per heavy atom. The van der Waals surface area contributed by atoms with Crippen molar-refractivity contribution in [1.82, 2.24) is 40.0 Å². The average Bonchev–Trinajstić information content (AvgIpc) is 4.01. The number of piperidine rings is 1. The number of hydrogen-bond donors (Lipinski definition) is 3. The van der Waals surface area contributed by atoms with Gasteiger partial charge < -0.3 is 20.4 Å². The average molecular weight is 856 g/mol. The van der Waals surface area contributed by atoms with Crippen molar-refractivity contribution in [2.24, 2.45) is 0 Å². The molecule has 2 atom stereocenters. The van der Waals surface area contributed by atoms with Gasteiger partial charge in [0.15, 0.2) is 5.65 Å². The highest BCUT2D eigenvalue weighted by Crippen LogP contribution is 2.36. The Bertz CT molecular complexity index is 2560. The van der Waals surface area contributed by atoms with Crippen molar-refractivity contribution in [2.75, 3.05) is 67.5 Å². The molecule has 16 nitrogen and oxygen atoms in total. The number of carbonyl (C=O) groups is 5. The summed E-state index contributed by atoms with van der Waals surface area (Å²) in [4.78, 5) is 80.0. The third-order valence-electron chi connectivity index (χ3n) is 12.4. The van der Waals surface area contributed by atoms with E-state index in [2.05, 4.69) is 35.6 Å². The number of benzene rings is 2. The lowest BCUT2D eigenvalue weighted by molar-refractivity contribution is -0.136. The summed E-state index contributed by atoms with van der Waals surface area (Å²) >= 11 is 0. The smallest absolute Gasteiger partial charge is 0.262 e. The number of imide groups is 2. The van der Waals surface area contributed by atoms with Gasteiger partial charge in [0.1, 0.15) is 29.2 Å². The van der Waals surface area contributed by atoms with Gasteiger partial charge >= 0.3 is 0 Å². The molecule has 3 N–H and O–H groups in total. The van der Waals surface area contributed by atoms with E-state index in [0.29, 0.717) is 25.3 Å². The van der Waals surface area contributed by atoms with E-state index in [9.17, 15) is 28.4 Å². The van der Waals surface area contributed by atoms with Crippen LogP contribution in [0.25, 0.3) is 17.0 Å². The molecule has 3 aromatic heterocycles. The minimum atomic E-state index is -0.988. The second-order valence-corrected chi connectivity index (χ2v) is 16.6. The van der Waals surface area contributed by atoms with Crippen LogP contribution in [0.4, 0.5) is 21.7 Å². The molecule has 3 fully saturated rings. The lowest BCUT2D eigenvalue weighted by Crippen LogP contribution is -2.54. The van der Waals surface area contributed by atoms with Crippen molar-refractivity contribution in [3.05, 3.63) is 102 Å². The van der Waals surface area contributed by atoms with Crippen LogP contribution in [0.1, 0.15) is 83.7 Å². The van der Waals surface area contributed by atoms with Gasteiger partial charge in [0.25, 0.3) is 11.8 Å². The minimum Gasteiger partial charge on any atom is -0.385 e. The summed E-state index contributed by atoms with van der Waals surface area (Å²) in [5.41, 5.74) is 4.45. The molecule has 0 aliphatic carbocycles. The van der Waals surface area contributed by atoms with Gasteiger partial charge in [-0.2, -0.15) is 0 Å². The standard InChI is InChI=1S/C46H50FN11O5/c47-31-9-5-8-30(26-31)36-11-7-21-56(36)41-17-16-39-50-28-38(58(39)53-41)35-10-6-12-40(51-35)55-24-22-54(23-25-55)29-43(60)49-20-4-2-1-3-19-48-32-13-14-33-34(27-32)46(63)57(45(33)62)37-15-18-42(59)52-44(37)61/h5-6,8-10,12-14,16-17,26-28,36-37,48H,1-4,7,11,15,18-25,29H2,(H,49,60)(H,52,59,61)/t36-,37?/m1/s1. The molecule has 2 aromatic carbocycles. The maximum atomic E-state index is 14.1. The number of fused-ring (bicyclic) bond motifs is 2. The van der Waals surface area contributed by atoms with Crippen LogP contribution in [0.3, 0.4) is 0 Å². The number of hydrogen-bond acceptors (Lipinski definition) is 12. The van der Waals surface area contributed by atoms with Crippen LogP contribution < -0.4 is 25.8 Å². The number of pyridine rings is 1. The van der Waals surface area contributed by atoms with E-state index in [1.807, 2.05) is 40.9 Å². The number of amides is 5. The third kappa shape index (κ3) is 8.96. The fraction of sp³-hybridized carbons (Fsp3) is 0.391. The van der Waals surface area contributed by atoms with E-state index in [0.717, 1.165) is 110 Å². The molecule has 0 saturated carbocycles. The summed E-state index contributed by atoms with van der Waals surface area (Å²) < 4.78 is 15.9. The van der Waals surface area contributed by atoms with Gasteiger partial charge in [0.2, 0.25) is 17.7 Å². The van der Waals surface area contributed by atoms with Crippen molar-refractivity contribution in [3.63, 3.8) is 0 Å². The maximum Gasteiger partial charge on any atom is 0.262 e. The number of anilines is 3. The van der Waals surface area contributed by atoms with Crippen LogP contribution in [0.2, 0.25) is 0 Å².